The number of imidazole rings is 1. The second-order valence-corrected chi connectivity index (χ2v) is 6.58. The summed E-state index contributed by atoms with van der Waals surface area (Å²) in [7, 11) is 0. The summed E-state index contributed by atoms with van der Waals surface area (Å²) in [5.74, 6) is 0.807. The zero-order valence-corrected chi connectivity index (χ0v) is 15.3. The highest BCUT2D eigenvalue weighted by atomic mass is 32.2. The molecule has 0 amide bonds. The van der Waals surface area contributed by atoms with Crippen LogP contribution in [0.3, 0.4) is 0 Å². The van der Waals surface area contributed by atoms with Crippen LogP contribution in [0.5, 0.6) is 0 Å². The average Bonchev–Trinajstić information content (AvgIpc) is 2.99. The standard InChI is InChI=1S/C19H22N4S/c1-5-6-17(24-4)16-12-20-19-10-9-18(22-23(16)19)21-15-8-7-13(2)14(3)11-15/h6-12H,5H2,1-4H3,(H,21,22). The van der Waals surface area contributed by atoms with Crippen LogP contribution in [-0.2, 0) is 0 Å². The molecule has 2 heterocycles. The van der Waals surface area contributed by atoms with E-state index in [4.69, 9.17) is 5.10 Å². The summed E-state index contributed by atoms with van der Waals surface area (Å²) in [6.45, 7) is 6.37. The Morgan fingerprint density at radius 3 is 2.75 bits per heavy atom. The maximum atomic E-state index is 4.72. The van der Waals surface area contributed by atoms with E-state index in [1.807, 2.05) is 22.8 Å². The van der Waals surface area contributed by atoms with Crippen molar-refractivity contribution in [3.63, 3.8) is 0 Å². The summed E-state index contributed by atoms with van der Waals surface area (Å²) in [5, 5.41) is 8.11. The Morgan fingerprint density at radius 2 is 2.04 bits per heavy atom. The molecule has 0 aliphatic rings. The van der Waals surface area contributed by atoms with Crippen molar-refractivity contribution in [2.45, 2.75) is 27.2 Å². The first-order valence-electron chi connectivity index (χ1n) is 8.06. The van der Waals surface area contributed by atoms with Crippen molar-refractivity contribution in [1.29, 1.82) is 0 Å². The van der Waals surface area contributed by atoms with Gasteiger partial charge in [0.25, 0.3) is 0 Å². The van der Waals surface area contributed by atoms with E-state index < -0.39 is 0 Å². The molecule has 24 heavy (non-hydrogen) atoms. The van der Waals surface area contributed by atoms with Gasteiger partial charge in [0.15, 0.2) is 11.5 Å². The lowest BCUT2D eigenvalue weighted by Crippen LogP contribution is -2.01. The normalized spacial score (nSPS) is 11.9. The van der Waals surface area contributed by atoms with Crippen molar-refractivity contribution >= 4 is 33.8 Å². The van der Waals surface area contributed by atoms with E-state index in [-0.39, 0.29) is 0 Å². The van der Waals surface area contributed by atoms with E-state index in [1.165, 1.54) is 16.0 Å². The van der Waals surface area contributed by atoms with Gasteiger partial charge in [0.1, 0.15) is 0 Å². The number of fused-ring (bicyclic) bond motifs is 1. The molecule has 0 spiro atoms. The van der Waals surface area contributed by atoms with Gasteiger partial charge in [0.05, 0.1) is 11.9 Å². The molecule has 3 aromatic rings. The minimum atomic E-state index is 0.807. The lowest BCUT2D eigenvalue weighted by molar-refractivity contribution is 0.930. The molecule has 0 atom stereocenters. The van der Waals surface area contributed by atoms with Crippen LogP contribution in [0, 0.1) is 13.8 Å². The highest BCUT2D eigenvalue weighted by molar-refractivity contribution is 8.07. The summed E-state index contributed by atoms with van der Waals surface area (Å²) in [4.78, 5) is 5.66. The number of nitrogens with zero attached hydrogens (tertiary/aromatic N) is 3. The first kappa shape index (κ1) is 16.6. The monoisotopic (exact) mass is 338 g/mol. The van der Waals surface area contributed by atoms with Gasteiger partial charge in [0, 0.05) is 10.6 Å². The molecule has 1 N–H and O–H groups in total. The van der Waals surface area contributed by atoms with E-state index in [0.717, 1.165) is 29.3 Å². The van der Waals surface area contributed by atoms with E-state index >= 15 is 0 Å². The Kier molecular flexibility index (Phi) is 4.90. The van der Waals surface area contributed by atoms with E-state index in [0.29, 0.717) is 0 Å². The fourth-order valence-electron chi connectivity index (χ4n) is 2.55. The Hall–Kier alpha value is -2.27. The second kappa shape index (κ2) is 7.09. The molecule has 0 saturated carbocycles. The number of allylic oxidation sites excluding steroid dienone is 1. The maximum Gasteiger partial charge on any atom is 0.154 e. The number of benzene rings is 1. The van der Waals surface area contributed by atoms with Crippen LogP contribution in [0.2, 0.25) is 0 Å². The third-order valence-corrected chi connectivity index (χ3v) is 4.82. The minimum Gasteiger partial charge on any atom is -0.339 e. The van der Waals surface area contributed by atoms with Crippen LogP contribution in [-0.4, -0.2) is 20.9 Å². The Balaban J connectivity index is 1.98. The van der Waals surface area contributed by atoms with Gasteiger partial charge in [-0.1, -0.05) is 19.1 Å². The number of aromatic nitrogens is 3. The molecule has 2 aromatic heterocycles. The van der Waals surface area contributed by atoms with Crippen molar-refractivity contribution in [3.8, 4) is 0 Å². The zero-order chi connectivity index (χ0) is 17.1. The highest BCUT2D eigenvalue weighted by Gasteiger charge is 2.10. The summed E-state index contributed by atoms with van der Waals surface area (Å²) in [6.07, 6.45) is 7.17. The summed E-state index contributed by atoms with van der Waals surface area (Å²) in [5.41, 5.74) is 5.48. The molecule has 0 radical (unpaired) electrons. The van der Waals surface area contributed by atoms with Gasteiger partial charge in [-0.2, -0.15) is 0 Å². The molecule has 0 unspecified atom stereocenters. The number of nitrogens with one attached hydrogen (secondary N) is 1. The molecule has 0 saturated heterocycles. The van der Waals surface area contributed by atoms with Crippen molar-refractivity contribution in [2.24, 2.45) is 0 Å². The fraction of sp³-hybridized carbons (Fsp3) is 0.263. The molecule has 0 bridgehead atoms. The number of anilines is 2. The average molecular weight is 338 g/mol. The van der Waals surface area contributed by atoms with Crippen LogP contribution in [0.15, 0.2) is 42.6 Å². The molecule has 0 aliphatic carbocycles. The minimum absolute atomic E-state index is 0.807. The quantitative estimate of drug-likeness (QED) is 0.694. The third kappa shape index (κ3) is 3.31. The largest absolute Gasteiger partial charge is 0.339 e. The van der Waals surface area contributed by atoms with Gasteiger partial charge in [-0.25, -0.2) is 9.50 Å². The zero-order valence-electron chi connectivity index (χ0n) is 14.5. The molecule has 4 nitrogen and oxygen atoms in total. The van der Waals surface area contributed by atoms with Crippen molar-refractivity contribution in [2.75, 3.05) is 11.6 Å². The Bertz CT molecular complexity index is 896. The van der Waals surface area contributed by atoms with Crippen LogP contribution in [0.4, 0.5) is 11.5 Å². The van der Waals surface area contributed by atoms with Crippen LogP contribution in [0.1, 0.15) is 30.2 Å². The summed E-state index contributed by atoms with van der Waals surface area (Å²) in [6, 6.07) is 10.3. The summed E-state index contributed by atoms with van der Waals surface area (Å²) >= 11 is 1.72. The number of hydrogen-bond acceptors (Lipinski definition) is 4. The Labute approximate surface area is 147 Å². The molecule has 124 valence electrons. The van der Waals surface area contributed by atoms with E-state index in [2.05, 4.69) is 61.6 Å². The second-order valence-electron chi connectivity index (χ2n) is 5.74. The molecule has 0 aliphatic heterocycles. The molecule has 1 aromatic carbocycles. The van der Waals surface area contributed by atoms with E-state index in [9.17, 15) is 0 Å². The first-order valence-corrected chi connectivity index (χ1v) is 9.28. The lowest BCUT2D eigenvalue weighted by atomic mass is 10.1. The number of hydrogen-bond donors (Lipinski definition) is 1. The van der Waals surface area contributed by atoms with Crippen molar-refractivity contribution < 1.29 is 0 Å². The van der Waals surface area contributed by atoms with Crippen molar-refractivity contribution in [3.05, 3.63) is 59.4 Å². The van der Waals surface area contributed by atoms with Crippen molar-refractivity contribution in [1.82, 2.24) is 14.6 Å². The van der Waals surface area contributed by atoms with Gasteiger partial charge >= 0.3 is 0 Å². The predicted molar refractivity (Wildman–Crippen MR) is 104 cm³/mol. The van der Waals surface area contributed by atoms with Gasteiger partial charge in [-0.05, 0) is 61.9 Å². The summed E-state index contributed by atoms with van der Waals surface area (Å²) < 4.78 is 1.90. The highest BCUT2D eigenvalue weighted by Crippen LogP contribution is 2.26. The maximum absolute atomic E-state index is 4.72. The van der Waals surface area contributed by atoms with Crippen LogP contribution >= 0.6 is 11.8 Å². The third-order valence-electron chi connectivity index (χ3n) is 4.00. The van der Waals surface area contributed by atoms with Gasteiger partial charge in [-0.15, -0.1) is 16.9 Å². The van der Waals surface area contributed by atoms with Crippen LogP contribution in [0.25, 0.3) is 10.6 Å². The number of rotatable bonds is 5. The SMILES string of the molecule is CCC=C(SC)c1cnc2ccc(Nc3ccc(C)c(C)c3)nn12. The van der Waals surface area contributed by atoms with Gasteiger partial charge in [0.2, 0.25) is 0 Å². The predicted octanol–water partition coefficient (Wildman–Crippen LogP) is 5.20. The topological polar surface area (TPSA) is 42.2 Å². The number of thioether (sulfide) groups is 1. The lowest BCUT2D eigenvalue weighted by Gasteiger charge is -2.09. The van der Waals surface area contributed by atoms with Gasteiger partial charge in [-0.3, -0.25) is 0 Å². The fourth-order valence-corrected chi connectivity index (χ4v) is 3.23. The smallest absolute Gasteiger partial charge is 0.154 e. The molecule has 5 heteroatoms. The Morgan fingerprint density at radius 1 is 1.21 bits per heavy atom. The van der Waals surface area contributed by atoms with Crippen LogP contribution < -0.4 is 5.32 Å². The molecule has 0 fully saturated rings. The van der Waals surface area contributed by atoms with E-state index in [1.54, 1.807) is 11.8 Å². The van der Waals surface area contributed by atoms with Gasteiger partial charge < -0.3 is 5.32 Å². The molecular formula is C19H22N4S. The molecular weight excluding hydrogens is 316 g/mol. The first-order chi connectivity index (χ1) is 11.6. The number of aryl methyl sites for hydroxylation is 2. The molecule has 3 rings (SSSR count).